The SMILES string of the molecule is CCCC/C(=N/O)c1ccc2c(c1)OCCOCCOc1cc(/C(CCCC)=N/O)ccc1OCCOCCO2. The predicted octanol–water partition coefficient (Wildman–Crippen LogP) is 5.69. The van der Waals surface area contributed by atoms with Crippen LogP contribution in [0.25, 0.3) is 0 Å². The summed E-state index contributed by atoms with van der Waals surface area (Å²) in [7, 11) is 0. The summed E-state index contributed by atoms with van der Waals surface area (Å²) in [6, 6.07) is 11.0. The second kappa shape index (κ2) is 18.0. The van der Waals surface area contributed by atoms with Gasteiger partial charge in [0.25, 0.3) is 0 Å². The Morgan fingerprint density at radius 1 is 0.575 bits per heavy atom. The maximum atomic E-state index is 9.50. The van der Waals surface area contributed by atoms with E-state index in [1.165, 1.54) is 0 Å². The molecule has 0 spiro atoms. The highest BCUT2D eigenvalue weighted by atomic mass is 16.6. The molecule has 0 saturated carbocycles. The number of fused-ring (bicyclic) bond motifs is 2. The van der Waals surface area contributed by atoms with Gasteiger partial charge in [0, 0.05) is 11.1 Å². The van der Waals surface area contributed by atoms with Gasteiger partial charge in [0.1, 0.15) is 26.4 Å². The molecular formula is C30H42N2O8. The Morgan fingerprint density at radius 3 is 1.30 bits per heavy atom. The van der Waals surface area contributed by atoms with E-state index < -0.39 is 0 Å². The highest BCUT2D eigenvalue weighted by Gasteiger charge is 2.14. The zero-order valence-electron chi connectivity index (χ0n) is 23.6. The molecule has 1 aliphatic heterocycles. The van der Waals surface area contributed by atoms with Crippen LogP contribution in [0.5, 0.6) is 23.0 Å². The minimum absolute atomic E-state index is 0.300. The summed E-state index contributed by atoms with van der Waals surface area (Å²) < 4.78 is 35.3. The maximum Gasteiger partial charge on any atom is 0.161 e. The smallest absolute Gasteiger partial charge is 0.161 e. The van der Waals surface area contributed by atoms with E-state index in [0.717, 1.165) is 36.8 Å². The number of oxime groups is 2. The average molecular weight is 559 g/mol. The van der Waals surface area contributed by atoms with Gasteiger partial charge in [-0.05, 0) is 62.1 Å². The molecule has 10 heteroatoms. The van der Waals surface area contributed by atoms with Crippen molar-refractivity contribution < 1.29 is 38.8 Å². The van der Waals surface area contributed by atoms with Crippen LogP contribution >= 0.6 is 0 Å². The molecule has 0 radical (unpaired) electrons. The van der Waals surface area contributed by atoms with Crippen LogP contribution in [0.2, 0.25) is 0 Å². The molecule has 3 rings (SSSR count). The quantitative estimate of drug-likeness (QED) is 0.241. The molecule has 0 aliphatic carbocycles. The molecule has 0 atom stereocenters. The highest BCUT2D eigenvalue weighted by Crippen LogP contribution is 2.31. The third-order valence-corrected chi connectivity index (χ3v) is 6.27. The molecule has 2 N–H and O–H groups in total. The molecule has 10 nitrogen and oxygen atoms in total. The minimum atomic E-state index is 0.300. The lowest BCUT2D eigenvalue weighted by Crippen LogP contribution is -2.16. The number of hydrogen-bond donors (Lipinski definition) is 2. The fourth-order valence-electron chi connectivity index (χ4n) is 4.08. The zero-order chi connectivity index (χ0) is 28.4. The molecule has 0 fully saturated rings. The van der Waals surface area contributed by atoms with Gasteiger partial charge in [-0.25, -0.2) is 0 Å². The van der Waals surface area contributed by atoms with Crippen molar-refractivity contribution in [1.82, 2.24) is 0 Å². The summed E-state index contributed by atoms with van der Waals surface area (Å²) in [5.41, 5.74) is 2.78. The molecule has 1 heterocycles. The number of nitrogens with zero attached hydrogens (tertiary/aromatic N) is 2. The Balaban J connectivity index is 1.66. The monoisotopic (exact) mass is 558 g/mol. The fourth-order valence-corrected chi connectivity index (χ4v) is 4.08. The lowest BCUT2D eigenvalue weighted by atomic mass is 10.0. The first-order chi connectivity index (χ1) is 19.7. The van der Waals surface area contributed by atoms with E-state index in [2.05, 4.69) is 24.2 Å². The van der Waals surface area contributed by atoms with Gasteiger partial charge in [0.2, 0.25) is 0 Å². The standard InChI is InChI=1S/C30H42N2O8/c1-3-5-7-25(31-33)23-9-11-27-29(21-23)39-19-15-36-16-20-40-30-22-24(26(32-34)8-6-4-2)10-12-28(30)38-18-14-35-13-17-37-27/h9-12,21-22,33-34H,3-8,13-20H2,1-2H3/b31-25-,32-26+. The van der Waals surface area contributed by atoms with Crippen molar-refractivity contribution >= 4 is 11.4 Å². The van der Waals surface area contributed by atoms with Gasteiger partial charge in [0.05, 0.1) is 37.9 Å². The Labute approximate surface area is 236 Å². The van der Waals surface area contributed by atoms with Gasteiger partial charge in [-0.1, -0.05) is 37.0 Å². The van der Waals surface area contributed by atoms with Crippen molar-refractivity contribution in [2.24, 2.45) is 10.3 Å². The van der Waals surface area contributed by atoms with Gasteiger partial charge in [-0.15, -0.1) is 0 Å². The predicted molar refractivity (Wildman–Crippen MR) is 152 cm³/mol. The van der Waals surface area contributed by atoms with Crippen molar-refractivity contribution in [3.8, 4) is 23.0 Å². The maximum absolute atomic E-state index is 9.50. The molecule has 2 aromatic carbocycles. The molecular weight excluding hydrogens is 516 g/mol. The van der Waals surface area contributed by atoms with Crippen LogP contribution in [0.4, 0.5) is 0 Å². The van der Waals surface area contributed by atoms with Crippen LogP contribution in [0.15, 0.2) is 46.7 Å². The Morgan fingerprint density at radius 2 is 0.950 bits per heavy atom. The molecule has 2 aromatic rings. The van der Waals surface area contributed by atoms with E-state index in [0.29, 0.717) is 100 Å². The van der Waals surface area contributed by atoms with Crippen molar-refractivity contribution in [1.29, 1.82) is 0 Å². The number of hydrogen-bond acceptors (Lipinski definition) is 10. The lowest BCUT2D eigenvalue weighted by Gasteiger charge is -2.17. The summed E-state index contributed by atoms with van der Waals surface area (Å²) in [5, 5.41) is 26.0. The highest BCUT2D eigenvalue weighted by molar-refractivity contribution is 6.01. The number of unbranched alkanes of at least 4 members (excludes halogenated alkanes) is 2. The summed E-state index contributed by atoms with van der Waals surface area (Å²) in [6.07, 6.45) is 5.18. The van der Waals surface area contributed by atoms with E-state index in [-0.39, 0.29) is 0 Å². The lowest BCUT2D eigenvalue weighted by molar-refractivity contribution is 0.0640. The summed E-state index contributed by atoms with van der Waals surface area (Å²) >= 11 is 0. The Hall–Kier alpha value is -3.50. The van der Waals surface area contributed by atoms with Gasteiger partial charge in [-0.3, -0.25) is 0 Å². The molecule has 40 heavy (non-hydrogen) atoms. The van der Waals surface area contributed by atoms with Crippen LogP contribution in [0.1, 0.15) is 63.5 Å². The van der Waals surface area contributed by atoms with E-state index in [9.17, 15) is 10.4 Å². The van der Waals surface area contributed by atoms with Gasteiger partial charge in [-0.2, -0.15) is 0 Å². The second-order valence-corrected chi connectivity index (χ2v) is 9.24. The fraction of sp³-hybridized carbons (Fsp3) is 0.533. The van der Waals surface area contributed by atoms with Gasteiger partial charge < -0.3 is 38.8 Å². The summed E-state index contributed by atoms with van der Waals surface area (Å²) in [6.45, 7) is 6.85. The Kier molecular flexibility index (Phi) is 13.9. The van der Waals surface area contributed by atoms with E-state index in [1.807, 2.05) is 36.4 Å². The van der Waals surface area contributed by atoms with Crippen LogP contribution in [0, 0.1) is 0 Å². The first-order valence-corrected chi connectivity index (χ1v) is 14.1. The molecule has 0 aromatic heterocycles. The van der Waals surface area contributed by atoms with Crippen LogP contribution < -0.4 is 18.9 Å². The van der Waals surface area contributed by atoms with Crippen molar-refractivity contribution in [2.45, 2.75) is 52.4 Å². The van der Waals surface area contributed by atoms with Crippen LogP contribution in [0.3, 0.4) is 0 Å². The second-order valence-electron chi connectivity index (χ2n) is 9.24. The number of benzene rings is 2. The Bertz CT molecular complexity index is 1010. The summed E-state index contributed by atoms with van der Waals surface area (Å²) in [5.74, 6) is 2.25. The molecule has 0 unspecified atom stereocenters. The van der Waals surface area contributed by atoms with E-state index in [4.69, 9.17) is 28.4 Å². The molecule has 0 saturated heterocycles. The largest absolute Gasteiger partial charge is 0.487 e. The molecule has 0 bridgehead atoms. The topological polar surface area (TPSA) is 121 Å². The van der Waals surface area contributed by atoms with Crippen molar-refractivity contribution in [3.63, 3.8) is 0 Å². The van der Waals surface area contributed by atoms with Gasteiger partial charge in [0.15, 0.2) is 23.0 Å². The summed E-state index contributed by atoms with van der Waals surface area (Å²) in [4.78, 5) is 0. The van der Waals surface area contributed by atoms with Crippen molar-refractivity contribution in [3.05, 3.63) is 47.5 Å². The van der Waals surface area contributed by atoms with E-state index in [1.54, 1.807) is 0 Å². The van der Waals surface area contributed by atoms with Crippen LogP contribution in [-0.2, 0) is 9.47 Å². The zero-order valence-corrected chi connectivity index (χ0v) is 23.6. The number of rotatable bonds is 8. The normalized spacial score (nSPS) is 16.1. The van der Waals surface area contributed by atoms with Gasteiger partial charge >= 0.3 is 0 Å². The van der Waals surface area contributed by atoms with E-state index >= 15 is 0 Å². The first kappa shape index (κ1) is 31.0. The number of ether oxygens (including phenoxy) is 6. The third-order valence-electron chi connectivity index (χ3n) is 6.27. The average Bonchev–Trinajstić information content (AvgIpc) is 2.98. The third kappa shape index (κ3) is 9.91. The molecule has 1 aliphatic rings. The molecule has 220 valence electrons. The van der Waals surface area contributed by atoms with Crippen molar-refractivity contribution in [2.75, 3.05) is 52.9 Å². The van der Waals surface area contributed by atoms with Crippen LogP contribution in [-0.4, -0.2) is 74.7 Å². The minimum Gasteiger partial charge on any atom is -0.487 e. The molecule has 0 amide bonds. The first-order valence-electron chi connectivity index (χ1n) is 14.1.